The highest BCUT2D eigenvalue weighted by Gasteiger charge is 1.77. The van der Waals surface area contributed by atoms with Crippen LogP contribution in [0.4, 0.5) is 0 Å². The smallest absolute Gasteiger partial charge is 0.213 e. The highest BCUT2D eigenvalue weighted by molar-refractivity contribution is 7.37. The molecule has 0 aliphatic carbocycles. The number of rotatable bonds is 1. The molecule has 0 aromatic heterocycles. The van der Waals surface area contributed by atoms with Gasteiger partial charge < -0.3 is 10.00 Å². The molecular weight excluding hydrogens is 91.0 g/mol. The van der Waals surface area contributed by atoms with Gasteiger partial charge in [-0.2, -0.15) is 0 Å². The normalized spacial score (nSPS) is 24.0. The van der Waals surface area contributed by atoms with Gasteiger partial charge in [0.25, 0.3) is 0 Å². The van der Waals surface area contributed by atoms with Crippen molar-refractivity contribution in [2.45, 2.75) is 0 Å². The first-order valence-electron chi connectivity index (χ1n) is 1.46. The lowest BCUT2D eigenvalue weighted by Gasteiger charge is -1.74. The molecule has 0 rings (SSSR count). The summed E-state index contributed by atoms with van der Waals surface area (Å²) in [6.07, 6.45) is -0.951. The number of hydrogen-bond acceptors (Lipinski definition) is 2. The van der Waals surface area contributed by atoms with Crippen LogP contribution in [0.15, 0.2) is 0 Å². The molecule has 0 bridgehead atoms. The van der Waals surface area contributed by atoms with Crippen LogP contribution in [0, 0.1) is 0 Å². The van der Waals surface area contributed by atoms with E-state index in [1.54, 1.807) is 0 Å². The molecule has 0 aromatic carbocycles. The lowest BCUT2D eigenvalue weighted by atomic mass is 11.7. The van der Waals surface area contributed by atoms with Crippen LogP contribution in [0.1, 0.15) is 0 Å². The summed E-state index contributed by atoms with van der Waals surface area (Å²) in [6.45, 7) is 0. The predicted molar refractivity (Wildman–Crippen MR) is 18.3 cm³/mol. The third-order valence-corrected chi connectivity index (χ3v) is 0.363. The van der Waals surface area contributed by atoms with Gasteiger partial charge in [0.1, 0.15) is 7.63 Å². The summed E-state index contributed by atoms with van der Waals surface area (Å²) < 4.78 is 15.6. The minimum absolute atomic E-state index is 0.951. The first-order chi connectivity index (χ1) is 2.56. The van der Waals surface area contributed by atoms with E-state index < -0.39 is 14.3 Å². The third-order valence-electron chi connectivity index (χ3n) is 0.121. The third kappa shape index (κ3) is 4.15. The summed E-state index contributed by atoms with van der Waals surface area (Å²) in [4.78, 5) is 7.80. The Morgan fingerprint density at radius 2 is 2.40 bits per heavy atom. The molecular formula is CH5O3P. The Labute approximate surface area is 31.4 Å². The summed E-state index contributed by atoms with van der Waals surface area (Å²) in [6, 6.07) is 0. The van der Waals surface area contributed by atoms with Gasteiger partial charge >= 0.3 is 0 Å². The fourth-order valence-corrected chi connectivity index (χ4v) is 0. The van der Waals surface area contributed by atoms with Crippen LogP contribution < -0.4 is 0 Å². The van der Waals surface area contributed by atoms with Crippen molar-refractivity contribution >= 4 is 7.97 Å². The van der Waals surface area contributed by atoms with E-state index >= 15 is 0 Å². The van der Waals surface area contributed by atoms with Gasteiger partial charge in [-0.1, -0.05) is 0 Å². The van der Waals surface area contributed by atoms with E-state index in [0.29, 0.717) is 0 Å². The second kappa shape index (κ2) is 2.39. The van der Waals surface area contributed by atoms with E-state index in [1.807, 2.05) is 0 Å². The van der Waals surface area contributed by atoms with Gasteiger partial charge in [-0.15, -0.1) is 0 Å². The molecule has 0 spiro atoms. The Kier molecular flexibility index (Phi) is 1.60. The minimum Gasteiger partial charge on any atom is -0.387 e. The molecule has 0 amide bonds. The molecule has 1 atom stereocenters. The maximum absolute atomic E-state index is 9.56. The summed E-state index contributed by atoms with van der Waals surface area (Å²) in [5.41, 5.74) is 0. The maximum Gasteiger partial charge on any atom is 0.213 e. The van der Waals surface area contributed by atoms with Crippen LogP contribution in [0.2, 0.25) is 0 Å². The predicted octanol–water partition coefficient (Wildman–Crippen LogP) is -0.597. The zero-order valence-corrected chi connectivity index (χ0v) is 3.35. The SMILES string of the molecule is [2H]P(=O)(O)CO. The molecule has 1 unspecified atom stereocenters. The molecule has 2 N–H and O–H groups in total. The van der Waals surface area contributed by atoms with Gasteiger partial charge in [-0.25, -0.2) is 0 Å². The lowest BCUT2D eigenvalue weighted by molar-refractivity contribution is 0.343. The second-order valence-corrected chi connectivity index (χ2v) is 1.48. The van der Waals surface area contributed by atoms with Gasteiger partial charge in [0.15, 0.2) is 0 Å². The maximum atomic E-state index is 9.56. The molecule has 0 aromatic rings. The van der Waals surface area contributed by atoms with Crippen molar-refractivity contribution < 1.29 is 14.6 Å². The van der Waals surface area contributed by atoms with Crippen LogP contribution in [-0.4, -0.2) is 17.6 Å². The van der Waals surface area contributed by atoms with E-state index in [1.165, 1.54) is 0 Å². The van der Waals surface area contributed by atoms with Gasteiger partial charge in [-0.05, 0) is 0 Å². The Morgan fingerprint density at radius 3 is 2.40 bits per heavy atom. The van der Waals surface area contributed by atoms with Crippen molar-refractivity contribution in [1.29, 1.82) is 1.28 Å². The molecule has 32 valence electrons. The average Bonchev–Trinajstić information content (AvgIpc) is 1.35. The van der Waals surface area contributed by atoms with Crippen molar-refractivity contribution in [3.63, 3.8) is 0 Å². The van der Waals surface area contributed by atoms with E-state index in [-0.39, 0.29) is 0 Å². The molecule has 0 fully saturated rings. The van der Waals surface area contributed by atoms with Crippen LogP contribution >= 0.6 is 7.97 Å². The first kappa shape index (κ1) is 3.34. The quantitative estimate of drug-likeness (QED) is 0.429. The summed E-state index contributed by atoms with van der Waals surface area (Å²) in [7, 11) is -3.84. The molecule has 0 saturated heterocycles. The summed E-state index contributed by atoms with van der Waals surface area (Å²) >= 11 is 0. The zero-order chi connectivity index (χ0) is 5.21. The fourth-order valence-electron chi connectivity index (χ4n) is 0. The first-order valence-corrected chi connectivity index (χ1v) is 2.41. The number of aliphatic hydroxyl groups is 1. The monoisotopic (exact) mass is 97.0 g/mol. The van der Waals surface area contributed by atoms with Crippen molar-refractivity contribution in [3.05, 3.63) is 0 Å². The van der Waals surface area contributed by atoms with Crippen LogP contribution in [0.25, 0.3) is 0 Å². The average molecular weight is 97.0 g/mol. The van der Waals surface area contributed by atoms with Crippen molar-refractivity contribution in [2.75, 3.05) is 6.35 Å². The van der Waals surface area contributed by atoms with Crippen molar-refractivity contribution in [2.24, 2.45) is 0 Å². The van der Waals surface area contributed by atoms with Crippen LogP contribution in [-0.2, 0) is 4.57 Å². The van der Waals surface area contributed by atoms with Crippen molar-refractivity contribution in [1.82, 2.24) is 0 Å². The molecule has 0 radical (unpaired) electrons. The number of hydrogen-bond donors (Lipinski definition) is 2. The highest BCUT2D eigenvalue weighted by atomic mass is 31.1. The standard InChI is InChI=1S/CH5O3P/c2-1-5(3)4/h2,5H,1H2,(H,3,4)/i5D. The van der Waals surface area contributed by atoms with Crippen LogP contribution in [0.3, 0.4) is 0 Å². The van der Waals surface area contributed by atoms with E-state index in [4.69, 9.17) is 11.3 Å². The van der Waals surface area contributed by atoms with Gasteiger partial charge in [0.05, 0.1) is 0 Å². The minimum atomic E-state index is -3.84. The van der Waals surface area contributed by atoms with E-state index in [0.717, 1.165) is 0 Å². The molecule has 4 heteroatoms. The summed E-state index contributed by atoms with van der Waals surface area (Å²) in [5, 5.41) is 7.70. The van der Waals surface area contributed by atoms with Gasteiger partial charge in [0.2, 0.25) is 7.97 Å². The van der Waals surface area contributed by atoms with Gasteiger partial charge in [0, 0.05) is 0 Å². The Morgan fingerprint density at radius 1 is 2.20 bits per heavy atom. The Bertz CT molecular complexity index is 74.9. The molecule has 0 aliphatic heterocycles. The second-order valence-electron chi connectivity index (χ2n) is 0.494. The largest absolute Gasteiger partial charge is 0.387 e. The Balaban J connectivity index is 3.48. The number of aliphatic hydroxyl groups excluding tert-OH is 1. The molecule has 0 aliphatic rings. The molecule has 3 nitrogen and oxygen atoms in total. The highest BCUT2D eigenvalue weighted by Crippen LogP contribution is 2.06. The van der Waals surface area contributed by atoms with Gasteiger partial charge in [-0.3, -0.25) is 4.57 Å². The Hall–Kier alpha value is 0.150. The van der Waals surface area contributed by atoms with Crippen LogP contribution in [0.5, 0.6) is 0 Å². The molecule has 0 heterocycles. The molecule has 5 heavy (non-hydrogen) atoms. The summed E-state index contributed by atoms with van der Waals surface area (Å²) in [5.74, 6) is 0. The topological polar surface area (TPSA) is 57.5 Å². The zero-order valence-electron chi connectivity index (χ0n) is 3.46. The lowest BCUT2D eigenvalue weighted by Crippen LogP contribution is -1.64. The fraction of sp³-hybridized carbons (Fsp3) is 1.00. The van der Waals surface area contributed by atoms with Crippen molar-refractivity contribution in [3.8, 4) is 0 Å². The molecule has 0 saturated carbocycles. The van der Waals surface area contributed by atoms with E-state index in [9.17, 15) is 4.57 Å². The van der Waals surface area contributed by atoms with E-state index in [2.05, 4.69) is 0 Å².